The minimum atomic E-state index is -0.572. The van der Waals surface area contributed by atoms with Crippen molar-refractivity contribution in [3.8, 4) is 22.8 Å². The zero-order valence-corrected chi connectivity index (χ0v) is 20.2. The quantitative estimate of drug-likeness (QED) is 0.282. The second-order valence-corrected chi connectivity index (χ2v) is 7.92. The van der Waals surface area contributed by atoms with E-state index in [9.17, 15) is 4.79 Å². The van der Waals surface area contributed by atoms with Gasteiger partial charge in [0.15, 0.2) is 5.69 Å². The number of nitrogens with zero attached hydrogens (tertiary/aromatic N) is 7. The van der Waals surface area contributed by atoms with Crippen LogP contribution in [0.15, 0.2) is 64.3 Å². The predicted molar refractivity (Wildman–Crippen MR) is 136 cm³/mol. The molecule has 0 atom stereocenters. The molecule has 0 unspecified atom stereocenters. The molecule has 0 aliphatic carbocycles. The van der Waals surface area contributed by atoms with Crippen molar-refractivity contribution in [2.75, 3.05) is 31.8 Å². The van der Waals surface area contributed by atoms with E-state index in [0.29, 0.717) is 22.7 Å². The van der Waals surface area contributed by atoms with Gasteiger partial charge >= 0.3 is 0 Å². The van der Waals surface area contributed by atoms with Crippen LogP contribution in [-0.4, -0.2) is 58.1 Å². The van der Waals surface area contributed by atoms with Crippen LogP contribution >= 0.6 is 0 Å². The molecule has 36 heavy (non-hydrogen) atoms. The highest BCUT2D eigenvalue weighted by Gasteiger charge is 2.25. The van der Waals surface area contributed by atoms with Gasteiger partial charge in [0.25, 0.3) is 5.91 Å². The molecule has 12 heteroatoms. The van der Waals surface area contributed by atoms with Crippen molar-refractivity contribution in [2.24, 2.45) is 5.10 Å². The Morgan fingerprint density at radius 3 is 2.64 bits per heavy atom. The van der Waals surface area contributed by atoms with E-state index in [4.69, 9.17) is 15.1 Å². The summed E-state index contributed by atoms with van der Waals surface area (Å²) >= 11 is 0. The second kappa shape index (κ2) is 10.5. The number of hydrogen-bond donors (Lipinski definition) is 2. The fraction of sp³-hybridized carbons (Fsp3) is 0.167. The van der Waals surface area contributed by atoms with Crippen molar-refractivity contribution >= 4 is 29.2 Å². The summed E-state index contributed by atoms with van der Waals surface area (Å²) in [5, 5.41) is 19.6. The molecule has 2 aromatic carbocycles. The van der Waals surface area contributed by atoms with Crippen LogP contribution in [0, 0.1) is 0 Å². The van der Waals surface area contributed by atoms with Gasteiger partial charge in [0.05, 0.1) is 12.8 Å². The van der Waals surface area contributed by atoms with Gasteiger partial charge in [0.2, 0.25) is 11.6 Å². The maximum absolute atomic E-state index is 13.1. The van der Waals surface area contributed by atoms with E-state index in [-0.39, 0.29) is 17.3 Å². The minimum Gasteiger partial charge on any atom is -0.497 e. The molecule has 4 aromatic rings. The van der Waals surface area contributed by atoms with E-state index >= 15 is 0 Å². The summed E-state index contributed by atoms with van der Waals surface area (Å²) in [5.74, 6) is 0.101. The van der Waals surface area contributed by atoms with Crippen LogP contribution < -0.4 is 20.8 Å². The number of aromatic nitrogens is 5. The Labute approximate surface area is 207 Å². The van der Waals surface area contributed by atoms with E-state index < -0.39 is 5.91 Å². The first-order valence-electron chi connectivity index (χ1n) is 10.9. The van der Waals surface area contributed by atoms with Gasteiger partial charge < -0.3 is 15.4 Å². The molecule has 0 aliphatic rings. The third kappa shape index (κ3) is 5.22. The van der Waals surface area contributed by atoms with Crippen molar-refractivity contribution in [1.82, 2.24) is 30.7 Å². The van der Waals surface area contributed by atoms with Gasteiger partial charge in [-0.05, 0) is 53.1 Å². The van der Waals surface area contributed by atoms with Crippen molar-refractivity contribution < 1.29 is 14.2 Å². The lowest BCUT2D eigenvalue weighted by Gasteiger charge is -2.11. The standard InChI is InChI=1S/C24H25N9O3/c1-15(8-9-16-10-12-18(13-11-16)32(2)3)26-28-24(34)20-21(17-6-5-7-19(14-17)35-4)33(31-27-20)23-22(25)29-36-30-23/h5-14H,1-4H3,(H2,25,29)(H,28,34). The monoisotopic (exact) mass is 487 g/mol. The highest BCUT2D eigenvalue weighted by atomic mass is 16.6. The SMILES string of the molecule is COc1cccc(-c2c(C(=O)NN=C(C)C=Cc3ccc(N(C)C)cc3)nnn2-c2nonc2N)c1. The van der Waals surface area contributed by atoms with Crippen molar-refractivity contribution in [2.45, 2.75) is 6.92 Å². The van der Waals surface area contributed by atoms with Crippen LogP contribution in [0.5, 0.6) is 5.75 Å². The summed E-state index contributed by atoms with van der Waals surface area (Å²) in [5.41, 5.74) is 12.0. The molecule has 0 saturated heterocycles. The molecule has 12 nitrogen and oxygen atoms in total. The van der Waals surface area contributed by atoms with Crippen LogP contribution in [0.2, 0.25) is 0 Å². The Hall–Kier alpha value is -5.00. The van der Waals surface area contributed by atoms with E-state index in [0.717, 1.165) is 11.3 Å². The number of carbonyl (C=O) groups is 1. The number of hydrazone groups is 1. The smallest absolute Gasteiger partial charge is 0.294 e. The van der Waals surface area contributed by atoms with Crippen LogP contribution in [-0.2, 0) is 0 Å². The average Bonchev–Trinajstić information content (AvgIpc) is 3.52. The summed E-state index contributed by atoms with van der Waals surface area (Å²) in [6.07, 6.45) is 3.70. The Kier molecular flexibility index (Phi) is 7.04. The number of nitrogens with two attached hydrogens (primary N) is 1. The van der Waals surface area contributed by atoms with Crippen LogP contribution in [0.4, 0.5) is 11.5 Å². The minimum absolute atomic E-state index is 0.00505. The summed E-state index contributed by atoms with van der Waals surface area (Å²) in [6.45, 7) is 1.77. The van der Waals surface area contributed by atoms with Gasteiger partial charge in [-0.3, -0.25) is 4.79 Å². The summed E-state index contributed by atoms with van der Waals surface area (Å²) in [6, 6.07) is 15.1. The van der Waals surface area contributed by atoms with Gasteiger partial charge in [-0.15, -0.1) is 5.10 Å². The number of allylic oxidation sites excluding steroid dienone is 1. The lowest BCUT2D eigenvalue weighted by atomic mass is 10.1. The molecule has 3 N–H and O–H groups in total. The highest BCUT2D eigenvalue weighted by molar-refractivity contribution is 6.01. The van der Waals surface area contributed by atoms with Crippen LogP contribution in [0.1, 0.15) is 23.0 Å². The van der Waals surface area contributed by atoms with Crippen molar-refractivity contribution in [3.63, 3.8) is 0 Å². The molecule has 0 aliphatic heterocycles. The van der Waals surface area contributed by atoms with Crippen LogP contribution in [0.25, 0.3) is 23.2 Å². The zero-order valence-electron chi connectivity index (χ0n) is 20.2. The number of ether oxygens (including phenoxy) is 1. The van der Waals surface area contributed by atoms with Gasteiger partial charge in [0.1, 0.15) is 11.4 Å². The van der Waals surface area contributed by atoms with E-state index in [1.54, 1.807) is 44.4 Å². The molecule has 0 radical (unpaired) electrons. The van der Waals surface area contributed by atoms with Crippen molar-refractivity contribution in [3.05, 3.63) is 65.9 Å². The fourth-order valence-electron chi connectivity index (χ4n) is 3.28. The van der Waals surface area contributed by atoms with Gasteiger partial charge in [-0.2, -0.15) is 9.78 Å². The van der Waals surface area contributed by atoms with Gasteiger partial charge in [-0.1, -0.05) is 35.6 Å². The number of nitrogens with one attached hydrogen (secondary N) is 1. The number of methoxy groups -OCH3 is 1. The number of nitrogen functional groups attached to an aromatic ring is 1. The fourth-order valence-corrected chi connectivity index (χ4v) is 3.28. The lowest BCUT2D eigenvalue weighted by Crippen LogP contribution is -2.20. The molecule has 0 fully saturated rings. The van der Waals surface area contributed by atoms with E-state index in [1.807, 2.05) is 49.3 Å². The van der Waals surface area contributed by atoms with E-state index in [2.05, 4.69) is 31.2 Å². The first-order valence-corrected chi connectivity index (χ1v) is 10.9. The first kappa shape index (κ1) is 24.1. The normalized spacial score (nSPS) is 11.6. The van der Waals surface area contributed by atoms with Crippen LogP contribution in [0.3, 0.4) is 0 Å². The Morgan fingerprint density at radius 2 is 1.97 bits per heavy atom. The topological polar surface area (TPSA) is 150 Å². The van der Waals surface area contributed by atoms with Gasteiger partial charge in [-0.25, -0.2) is 10.1 Å². The third-order valence-corrected chi connectivity index (χ3v) is 5.18. The largest absolute Gasteiger partial charge is 0.497 e. The lowest BCUT2D eigenvalue weighted by molar-refractivity contribution is 0.0950. The molecule has 184 valence electrons. The summed E-state index contributed by atoms with van der Waals surface area (Å²) < 4.78 is 11.3. The molecule has 2 heterocycles. The Balaban J connectivity index is 1.59. The van der Waals surface area contributed by atoms with Gasteiger partial charge in [0, 0.05) is 25.3 Å². The van der Waals surface area contributed by atoms with Crippen molar-refractivity contribution in [1.29, 1.82) is 0 Å². The summed E-state index contributed by atoms with van der Waals surface area (Å²) in [4.78, 5) is 15.1. The second-order valence-electron chi connectivity index (χ2n) is 7.92. The van der Waals surface area contributed by atoms with E-state index in [1.165, 1.54) is 4.68 Å². The first-order chi connectivity index (χ1) is 17.4. The zero-order chi connectivity index (χ0) is 25.7. The molecule has 2 aromatic heterocycles. The number of benzene rings is 2. The molecule has 4 rings (SSSR count). The third-order valence-electron chi connectivity index (χ3n) is 5.18. The molecule has 0 spiro atoms. The average molecular weight is 488 g/mol. The maximum Gasteiger partial charge on any atom is 0.294 e. The predicted octanol–water partition coefficient (Wildman–Crippen LogP) is 2.79. The molecular weight excluding hydrogens is 462 g/mol. The number of hydrogen-bond acceptors (Lipinski definition) is 10. The molecule has 0 saturated carbocycles. The number of rotatable bonds is 8. The molecule has 1 amide bonds. The molecular formula is C24H25N9O3. The number of amides is 1. The summed E-state index contributed by atoms with van der Waals surface area (Å²) in [7, 11) is 5.52. The number of anilines is 2. The Bertz CT molecular complexity index is 1420. The molecule has 0 bridgehead atoms. The Morgan fingerprint density at radius 1 is 1.19 bits per heavy atom. The number of carbonyl (C=O) groups excluding carboxylic acids is 1. The maximum atomic E-state index is 13.1. The highest BCUT2D eigenvalue weighted by Crippen LogP contribution is 2.29.